The number of likely N-dealkylation sites (N-methyl/N-ethyl adjacent to an activating group) is 1. The molecule has 0 spiro atoms. The van der Waals surface area contributed by atoms with E-state index in [9.17, 15) is 13.6 Å². The van der Waals surface area contributed by atoms with Gasteiger partial charge in [0.05, 0.1) is 6.61 Å². The molecule has 0 saturated carbocycles. The average Bonchev–Trinajstić information content (AvgIpc) is 3.06. The zero-order chi connectivity index (χ0) is 32.5. The fourth-order valence-corrected chi connectivity index (χ4v) is 6.43. The molecule has 0 N–H and O–H groups in total. The van der Waals surface area contributed by atoms with Crippen LogP contribution in [0.15, 0.2) is 103 Å². The van der Waals surface area contributed by atoms with Crippen molar-refractivity contribution < 1.29 is 18.3 Å². The molecule has 4 aromatic rings. The fraction of sp³-hybridized carbons (Fsp3) is 0.342. The van der Waals surface area contributed by atoms with E-state index in [0.717, 1.165) is 38.2 Å². The van der Waals surface area contributed by atoms with Crippen LogP contribution in [-0.4, -0.2) is 73.5 Å². The molecule has 0 aliphatic carbocycles. The van der Waals surface area contributed by atoms with Crippen LogP contribution >= 0.6 is 9.24 Å². The van der Waals surface area contributed by atoms with Crippen molar-refractivity contribution in [3.8, 4) is 5.75 Å². The van der Waals surface area contributed by atoms with E-state index in [1.54, 1.807) is 22.2 Å². The van der Waals surface area contributed by atoms with Gasteiger partial charge in [-0.15, -0.1) is 0 Å². The van der Waals surface area contributed by atoms with Crippen molar-refractivity contribution in [3.63, 3.8) is 0 Å². The number of carbonyl (C=O) groups is 1. The van der Waals surface area contributed by atoms with Gasteiger partial charge in [-0.05, 0) is 60.8 Å². The second kappa shape index (κ2) is 15.8. The molecule has 8 heteroatoms. The summed E-state index contributed by atoms with van der Waals surface area (Å²) >= 11 is 0. The topological polar surface area (TPSA) is 36.0 Å². The van der Waals surface area contributed by atoms with E-state index in [-0.39, 0.29) is 17.4 Å². The number of alkyl halides is 2. The van der Waals surface area contributed by atoms with Gasteiger partial charge in [-0.2, -0.15) is 8.78 Å². The van der Waals surface area contributed by atoms with Gasteiger partial charge in [0.2, 0.25) is 0 Å². The lowest BCUT2D eigenvalue weighted by Crippen LogP contribution is -2.47. The second-order valence-corrected chi connectivity index (χ2v) is 12.9. The maximum Gasteiger partial charge on any atom is 0.284 e. The van der Waals surface area contributed by atoms with Crippen molar-refractivity contribution in [3.05, 3.63) is 137 Å². The number of benzene rings is 4. The number of piperazine rings is 1. The molecule has 1 amide bonds. The van der Waals surface area contributed by atoms with Gasteiger partial charge in [0.1, 0.15) is 5.75 Å². The number of amides is 1. The molecule has 242 valence electrons. The lowest BCUT2D eigenvalue weighted by atomic mass is 9.90. The molecule has 1 fully saturated rings. The first-order chi connectivity index (χ1) is 22.2. The molecule has 0 radical (unpaired) electrons. The Labute approximate surface area is 274 Å². The first-order valence-electron chi connectivity index (χ1n) is 16.0. The van der Waals surface area contributed by atoms with Crippen LogP contribution in [0.1, 0.15) is 50.5 Å². The maximum absolute atomic E-state index is 14.4. The highest BCUT2D eigenvalue weighted by Gasteiger charge is 2.28. The minimum absolute atomic E-state index is 0.0336. The number of ether oxygens (including phenoxy) is 1. The summed E-state index contributed by atoms with van der Waals surface area (Å²) in [5, 5.41) is 0. The number of nitrogens with zero attached hydrogens (tertiary/aromatic N) is 3. The number of hydrogen-bond acceptors (Lipinski definition) is 4. The van der Waals surface area contributed by atoms with Crippen LogP contribution in [0.25, 0.3) is 0 Å². The summed E-state index contributed by atoms with van der Waals surface area (Å²) < 4.78 is 35.0. The molecular formula is C38H44F2N3O2P. The Kier molecular flexibility index (Phi) is 11.6. The number of carbonyl (C=O) groups excluding carboxylic acids is 1. The normalized spacial score (nSPS) is 14.2. The Balaban J connectivity index is 1.30. The van der Waals surface area contributed by atoms with Crippen molar-refractivity contribution in [1.82, 2.24) is 14.7 Å². The van der Waals surface area contributed by atoms with E-state index in [4.69, 9.17) is 4.74 Å². The van der Waals surface area contributed by atoms with Crippen LogP contribution in [0.3, 0.4) is 0 Å². The minimum atomic E-state index is -2.99. The molecule has 1 aliphatic rings. The summed E-state index contributed by atoms with van der Waals surface area (Å²) in [5.74, 6) is 0.808. The third-order valence-electron chi connectivity index (χ3n) is 8.80. The highest BCUT2D eigenvalue weighted by Crippen LogP contribution is 2.38. The van der Waals surface area contributed by atoms with Crippen molar-refractivity contribution >= 4 is 15.1 Å². The zero-order valence-corrected chi connectivity index (χ0v) is 27.9. The van der Waals surface area contributed by atoms with Gasteiger partial charge < -0.3 is 14.5 Å². The molecule has 46 heavy (non-hydrogen) atoms. The van der Waals surface area contributed by atoms with Crippen LogP contribution in [0.4, 0.5) is 8.78 Å². The number of halogens is 2. The predicted octanol–water partition coefficient (Wildman–Crippen LogP) is 7.41. The van der Waals surface area contributed by atoms with Crippen LogP contribution < -0.4 is 4.74 Å². The Morgan fingerprint density at radius 1 is 0.891 bits per heavy atom. The summed E-state index contributed by atoms with van der Waals surface area (Å²) in [5.41, 5.74) is 1.59. The van der Waals surface area contributed by atoms with Gasteiger partial charge in [0.25, 0.3) is 11.6 Å². The zero-order valence-electron chi connectivity index (χ0n) is 26.7. The Bertz CT molecular complexity index is 1520. The monoisotopic (exact) mass is 643 g/mol. The van der Waals surface area contributed by atoms with E-state index in [0.29, 0.717) is 43.1 Å². The van der Waals surface area contributed by atoms with Crippen LogP contribution in [0, 0.1) is 6.92 Å². The first-order valence-corrected chi connectivity index (χ1v) is 16.6. The van der Waals surface area contributed by atoms with Crippen molar-refractivity contribution in [2.75, 3.05) is 52.9 Å². The summed E-state index contributed by atoms with van der Waals surface area (Å²) in [6.07, 6.45) is 0.728. The van der Waals surface area contributed by atoms with Crippen molar-refractivity contribution in [2.24, 2.45) is 0 Å². The summed E-state index contributed by atoms with van der Waals surface area (Å²) in [7, 11) is 3.74. The van der Waals surface area contributed by atoms with Gasteiger partial charge in [0.15, 0.2) is 0 Å². The fourth-order valence-electron chi connectivity index (χ4n) is 6.11. The molecular weight excluding hydrogens is 599 g/mol. The van der Waals surface area contributed by atoms with E-state index in [1.807, 2.05) is 47.4 Å². The summed E-state index contributed by atoms with van der Waals surface area (Å²) in [6.45, 7) is 7.39. The maximum atomic E-state index is 14.4. The Morgan fingerprint density at radius 2 is 1.52 bits per heavy atom. The van der Waals surface area contributed by atoms with Gasteiger partial charge >= 0.3 is 0 Å². The van der Waals surface area contributed by atoms with Crippen molar-refractivity contribution in [1.29, 1.82) is 0 Å². The standard InChI is InChI=1S/C38H44F2N3O2P/c1-29-33(17-10-19-36(29)38(39,40)46)27-42(28-35(30-12-5-3-6-13-30)31-14-7-4-8-15-31)20-11-25-45-34-18-9-16-32(26-34)37(44)43-23-21-41(2)22-24-43/h3-10,12-19,26,35H,11,20-25,27-28,46H2,1-2H3. The summed E-state index contributed by atoms with van der Waals surface area (Å²) in [6, 6.07) is 33.5. The van der Waals surface area contributed by atoms with E-state index in [1.165, 1.54) is 17.2 Å². The minimum Gasteiger partial charge on any atom is -0.494 e. The highest BCUT2D eigenvalue weighted by atomic mass is 31.0. The van der Waals surface area contributed by atoms with Crippen LogP contribution in [0.2, 0.25) is 0 Å². The average molecular weight is 644 g/mol. The molecule has 0 bridgehead atoms. The molecule has 1 saturated heterocycles. The number of hydrogen-bond donors (Lipinski definition) is 0. The van der Waals surface area contributed by atoms with Gasteiger partial charge in [-0.25, -0.2) is 0 Å². The van der Waals surface area contributed by atoms with E-state index >= 15 is 0 Å². The van der Waals surface area contributed by atoms with Crippen molar-refractivity contribution in [2.45, 2.75) is 31.5 Å². The van der Waals surface area contributed by atoms with Gasteiger partial charge in [-0.3, -0.25) is 9.69 Å². The van der Waals surface area contributed by atoms with Crippen LogP contribution in [-0.2, 0) is 12.2 Å². The molecule has 5 rings (SSSR count). The van der Waals surface area contributed by atoms with E-state index < -0.39 is 5.66 Å². The first kappa shape index (κ1) is 33.7. The van der Waals surface area contributed by atoms with Crippen LogP contribution in [0.5, 0.6) is 5.75 Å². The lowest BCUT2D eigenvalue weighted by Gasteiger charge is -2.32. The smallest absolute Gasteiger partial charge is 0.284 e. The molecule has 1 atom stereocenters. The SMILES string of the molecule is Cc1c(CN(CCCOc2cccc(C(=O)N3CCN(C)CC3)c2)CC(c2ccccc2)c2ccccc2)cccc1C(F)(F)P. The Morgan fingerprint density at radius 3 is 2.15 bits per heavy atom. The third kappa shape index (κ3) is 9.00. The molecule has 0 aromatic heterocycles. The molecule has 4 aromatic carbocycles. The second-order valence-electron chi connectivity index (χ2n) is 12.1. The largest absolute Gasteiger partial charge is 0.494 e. The molecule has 5 nitrogen and oxygen atoms in total. The van der Waals surface area contributed by atoms with E-state index in [2.05, 4.69) is 65.4 Å². The lowest BCUT2D eigenvalue weighted by molar-refractivity contribution is 0.0663. The summed E-state index contributed by atoms with van der Waals surface area (Å²) in [4.78, 5) is 19.6. The quantitative estimate of drug-likeness (QED) is 0.112. The molecule has 1 heterocycles. The Hall–Kier alpha value is -3.64. The molecule has 1 unspecified atom stereocenters. The highest BCUT2D eigenvalue weighted by molar-refractivity contribution is 7.17. The number of rotatable bonds is 13. The molecule has 1 aliphatic heterocycles. The van der Waals surface area contributed by atoms with Gasteiger partial charge in [0, 0.05) is 62.9 Å². The third-order valence-corrected chi connectivity index (χ3v) is 9.11. The predicted molar refractivity (Wildman–Crippen MR) is 185 cm³/mol. The van der Waals surface area contributed by atoms with Gasteiger partial charge in [-0.1, -0.05) is 94.2 Å².